The molecular formula is C12H13ClN2O3. The molecule has 3 rings (SSSR count). The van der Waals surface area contributed by atoms with Gasteiger partial charge in [-0.05, 0) is 12.5 Å². The molecule has 3 heterocycles. The predicted octanol–water partition coefficient (Wildman–Crippen LogP) is 2.19. The first-order chi connectivity index (χ1) is 8.66. The number of fused-ring (bicyclic) bond motifs is 3. The molecule has 5 nitrogen and oxygen atoms in total. The van der Waals surface area contributed by atoms with Crippen molar-refractivity contribution in [1.82, 2.24) is 4.98 Å². The smallest absolute Gasteiger partial charge is 0.415 e. The van der Waals surface area contributed by atoms with E-state index in [4.69, 9.17) is 21.1 Å². The number of hydrogen-bond donors (Lipinski definition) is 0. The number of aromatic nitrogens is 1. The number of pyridine rings is 1. The molecule has 1 saturated heterocycles. The van der Waals surface area contributed by atoms with Crippen LogP contribution < -0.4 is 4.90 Å². The molecule has 2 unspecified atom stereocenters. The van der Waals surface area contributed by atoms with Crippen molar-refractivity contribution in [3.05, 3.63) is 22.8 Å². The van der Waals surface area contributed by atoms with E-state index in [0.29, 0.717) is 24.1 Å². The standard InChI is InChI=1S/C12H13ClN2O3/c1-15-11-9(4-7(13)5-14-11)8-2-3-17-6-10(8)18-12(15)16/h4-5,8,10H,2-3,6H2,1H3. The zero-order chi connectivity index (χ0) is 12.7. The lowest BCUT2D eigenvalue weighted by atomic mass is 9.89. The van der Waals surface area contributed by atoms with Gasteiger partial charge < -0.3 is 9.47 Å². The van der Waals surface area contributed by atoms with Crippen LogP contribution in [-0.4, -0.2) is 37.4 Å². The Labute approximate surface area is 110 Å². The second-order valence-electron chi connectivity index (χ2n) is 4.52. The number of hydrogen-bond acceptors (Lipinski definition) is 4. The molecule has 0 spiro atoms. The summed E-state index contributed by atoms with van der Waals surface area (Å²) in [4.78, 5) is 17.6. The lowest BCUT2D eigenvalue weighted by Crippen LogP contribution is -2.35. The minimum Gasteiger partial charge on any atom is -0.443 e. The van der Waals surface area contributed by atoms with E-state index in [1.165, 1.54) is 4.90 Å². The Morgan fingerprint density at radius 3 is 3.22 bits per heavy atom. The van der Waals surface area contributed by atoms with Gasteiger partial charge in [-0.3, -0.25) is 4.90 Å². The van der Waals surface area contributed by atoms with Gasteiger partial charge in [0, 0.05) is 31.3 Å². The molecule has 2 aliphatic rings. The summed E-state index contributed by atoms with van der Waals surface area (Å²) in [5.74, 6) is 0.729. The number of carbonyl (C=O) groups is 1. The van der Waals surface area contributed by atoms with Crippen LogP contribution in [0.15, 0.2) is 12.3 Å². The summed E-state index contributed by atoms with van der Waals surface area (Å²) in [6.45, 7) is 1.09. The van der Waals surface area contributed by atoms with Gasteiger partial charge in [0.1, 0.15) is 11.9 Å². The SMILES string of the molecule is CN1C(=O)OC2COCCC2c2cc(Cl)cnc21. The van der Waals surface area contributed by atoms with Crippen molar-refractivity contribution < 1.29 is 14.3 Å². The van der Waals surface area contributed by atoms with Gasteiger partial charge in [0.25, 0.3) is 0 Å². The zero-order valence-electron chi connectivity index (χ0n) is 9.93. The van der Waals surface area contributed by atoms with E-state index in [0.717, 1.165) is 12.0 Å². The molecular weight excluding hydrogens is 256 g/mol. The van der Waals surface area contributed by atoms with Crippen molar-refractivity contribution in [2.24, 2.45) is 0 Å². The van der Waals surface area contributed by atoms with Gasteiger partial charge in [0.05, 0.1) is 11.6 Å². The van der Waals surface area contributed by atoms with Gasteiger partial charge in [0.2, 0.25) is 0 Å². The van der Waals surface area contributed by atoms with Crippen LogP contribution in [0.3, 0.4) is 0 Å². The first-order valence-corrected chi connectivity index (χ1v) is 6.22. The fourth-order valence-corrected chi connectivity index (χ4v) is 2.65. The van der Waals surface area contributed by atoms with E-state index in [1.807, 2.05) is 6.07 Å². The van der Waals surface area contributed by atoms with Crippen molar-refractivity contribution in [2.45, 2.75) is 18.4 Å². The Morgan fingerprint density at radius 2 is 2.39 bits per heavy atom. The molecule has 0 bridgehead atoms. The summed E-state index contributed by atoms with van der Waals surface area (Å²) >= 11 is 6.01. The quantitative estimate of drug-likeness (QED) is 0.724. The second-order valence-corrected chi connectivity index (χ2v) is 4.95. The Bertz CT molecular complexity index is 494. The summed E-state index contributed by atoms with van der Waals surface area (Å²) in [6.07, 6.45) is 1.70. The van der Waals surface area contributed by atoms with Gasteiger partial charge in [-0.15, -0.1) is 0 Å². The highest BCUT2D eigenvalue weighted by Gasteiger charge is 2.37. The van der Waals surface area contributed by atoms with Crippen molar-refractivity contribution in [3.63, 3.8) is 0 Å². The van der Waals surface area contributed by atoms with Crippen molar-refractivity contribution in [1.29, 1.82) is 0 Å². The molecule has 1 fully saturated rings. The van der Waals surface area contributed by atoms with Gasteiger partial charge >= 0.3 is 6.09 Å². The van der Waals surface area contributed by atoms with Crippen LogP contribution in [0.5, 0.6) is 0 Å². The van der Waals surface area contributed by atoms with Crippen molar-refractivity contribution >= 4 is 23.5 Å². The second kappa shape index (κ2) is 4.40. The molecule has 0 saturated carbocycles. The molecule has 0 aromatic carbocycles. The molecule has 6 heteroatoms. The molecule has 0 N–H and O–H groups in total. The summed E-state index contributed by atoms with van der Waals surface area (Å²) in [6, 6.07) is 1.87. The molecule has 2 aliphatic heterocycles. The van der Waals surface area contributed by atoms with Gasteiger partial charge in [-0.25, -0.2) is 9.78 Å². The molecule has 1 aromatic rings. The Morgan fingerprint density at radius 1 is 1.56 bits per heavy atom. The van der Waals surface area contributed by atoms with Crippen LogP contribution in [0.2, 0.25) is 5.02 Å². The van der Waals surface area contributed by atoms with Gasteiger partial charge in [-0.2, -0.15) is 0 Å². The molecule has 2 atom stereocenters. The lowest BCUT2D eigenvalue weighted by molar-refractivity contribution is -0.0256. The van der Waals surface area contributed by atoms with E-state index < -0.39 is 6.09 Å². The van der Waals surface area contributed by atoms with Gasteiger partial charge in [0.15, 0.2) is 0 Å². The highest BCUT2D eigenvalue weighted by molar-refractivity contribution is 6.30. The maximum atomic E-state index is 11.9. The highest BCUT2D eigenvalue weighted by atomic mass is 35.5. The number of ether oxygens (including phenoxy) is 2. The number of rotatable bonds is 0. The molecule has 18 heavy (non-hydrogen) atoms. The maximum Gasteiger partial charge on any atom is 0.415 e. The Kier molecular flexibility index (Phi) is 2.87. The Hall–Kier alpha value is -1.33. The predicted molar refractivity (Wildman–Crippen MR) is 66.1 cm³/mol. The van der Waals surface area contributed by atoms with Crippen LogP contribution in [0, 0.1) is 0 Å². The fraction of sp³-hybridized carbons (Fsp3) is 0.500. The number of halogens is 1. The third-order valence-electron chi connectivity index (χ3n) is 3.41. The van der Waals surface area contributed by atoms with Crippen molar-refractivity contribution in [2.75, 3.05) is 25.2 Å². The van der Waals surface area contributed by atoms with E-state index >= 15 is 0 Å². The van der Waals surface area contributed by atoms with E-state index in [-0.39, 0.29) is 12.0 Å². The van der Waals surface area contributed by atoms with E-state index in [9.17, 15) is 4.79 Å². The number of nitrogens with zero attached hydrogens (tertiary/aromatic N) is 2. The number of anilines is 1. The normalized spacial score (nSPS) is 27.0. The minimum absolute atomic E-state index is 0.105. The highest BCUT2D eigenvalue weighted by Crippen LogP contribution is 2.38. The summed E-state index contributed by atoms with van der Waals surface area (Å²) < 4.78 is 10.8. The van der Waals surface area contributed by atoms with E-state index in [2.05, 4.69) is 4.98 Å². The van der Waals surface area contributed by atoms with Crippen LogP contribution >= 0.6 is 11.6 Å². The number of carbonyl (C=O) groups excluding carboxylic acids is 1. The zero-order valence-corrected chi connectivity index (χ0v) is 10.7. The maximum absolute atomic E-state index is 11.9. The summed E-state index contributed by atoms with van der Waals surface area (Å²) in [7, 11) is 1.65. The van der Waals surface area contributed by atoms with E-state index in [1.54, 1.807) is 13.2 Å². The first kappa shape index (κ1) is 11.7. The van der Waals surface area contributed by atoms with Crippen LogP contribution in [0.4, 0.5) is 10.6 Å². The van der Waals surface area contributed by atoms with Gasteiger partial charge in [-0.1, -0.05) is 11.6 Å². The molecule has 96 valence electrons. The minimum atomic E-state index is -0.399. The van der Waals surface area contributed by atoms with Crippen LogP contribution in [0.1, 0.15) is 17.9 Å². The molecule has 0 radical (unpaired) electrons. The third kappa shape index (κ3) is 1.83. The van der Waals surface area contributed by atoms with Crippen LogP contribution in [-0.2, 0) is 9.47 Å². The monoisotopic (exact) mass is 268 g/mol. The largest absolute Gasteiger partial charge is 0.443 e. The topological polar surface area (TPSA) is 51.7 Å². The van der Waals surface area contributed by atoms with Crippen LogP contribution in [0.25, 0.3) is 0 Å². The summed E-state index contributed by atoms with van der Waals surface area (Å²) in [5.41, 5.74) is 0.962. The lowest BCUT2D eigenvalue weighted by Gasteiger charge is -2.29. The average Bonchev–Trinajstić information content (AvgIpc) is 2.47. The van der Waals surface area contributed by atoms with Crippen molar-refractivity contribution in [3.8, 4) is 0 Å². The number of amides is 1. The Balaban J connectivity index is 2.12. The fourth-order valence-electron chi connectivity index (χ4n) is 2.48. The third-order valence-corrected chi connectivity index (χ3v) is 3.62. The first-order valence-electron chi connectivity index (χ1n) is 5.84. The molecule has 1 amide bonds. The molecule has 1 aromatic heterocycles. The summed E-state index contributed by atoms with van der Waals surface area (Å²) in [5, 5.41) is 0.571. The molecule has 0 aliphatic carbocycles. The average molecular weight is 269 g/mol.